The number of aliphatic hydroxyl groups is 1. The molecule has 0 aliphatic carbocycles. The van der Waals surface area contributed by atoms with Gasteiger partial charge in [0.2, 0.25) is 0 Å². The highest BCUT2D eigenvalue weighted by Crippen LogP contribution is 2.28. The third kappa shape index (κ3) is 3.18. The second kappa shape index (κ2) is 5.94. The van der Waals surface area contributed by atoms with E-state index in [-0.39, 0.29) is 17.4 Å². The van der Waals surface area contributed by atoms with E-state index in [0.717, 1.165) is 0 Å². The lowest BCUT2D eigenvalue weighted by molar-refractivity contribution is 0.0435. The monoisotopic (exact) mass is 289 g/mol. The second-order valence-electron chi connectivity index (χ2n) is 3.61. The highest BCUT2D eigenvalue weighted by Gasteiger charge is 2.12. The van der Waals surface area contributed by atoms with Crippen molar-refractivity contribution in [2.75, 3.05) is 6.67 Å². The minimum atomic E-state index is -2.07. The number of hydrogen-bond acceptors (Lipinski definition) is 4. The Morgan fingerprint density at radius 2 is 2.26 bits per heavy atom. The molecule has 1 unspecified atom stereocenters. The summed E-state index contributed by atoms with van der Waals surface area (Å²) in [6.07, 6.45) is -0.578. The van der Waals surface area contributed by atoms with Gasteiger partial charge in [0.1, 0.15) is 11.4 Å². The average molecular weight is 290 g/mol. The molecule has 2 rings (SSSR count). The molecule has 1 aromatic carbocycles. The van der Waals surface area contributed by atoms with Crippen LogP contribution in [0.25, 0.3) is 5.69 Å². The van der Waals surface area contributed by atoms with E-state index < -0.39 is 13.0 Å². The molecule has 8 heteroatoms. The summed E-state index contributed by atoms with van der Waals surface area (Å²) in [5, 5.41) is 16.5. The number of halogens is 3. The quantitative estimate of drug-likeness (QED) is 0.915. The van der Waals surface area contributed by atoms with E-state index in [1.165, 1.54) is 23.0 Å². The fourth-order valence-corrected chi connectivity index (χ4v) is 1.55. The van der Waals surface area contributed by atoms with E-state index in [0.29, 0.717) is 11.4 Å². The van der Waals surface area contributed by atoms with Crippen molar-refractivity contribution >= 4 is 11.6 Å². The first-order valence-corrected chi connectivity index (χ1v) is 5.70. The van der Waals surface area contributed by atoms with Gasteiger partial charge in [0.05, 0.1) is 23.5 Å². The highest BCUT2D eigenvalue weighted by atomic mass is 35.5. The van der Waals surface area contributed by atoms with Crippen LogP contribution in [0.2, 0.25) is 5.02 Å². The van der Waals surface area contributed by atoms with Crippen LogP contribution < -0.4 is 4.74 Å². The van der Waals surface area contributed by atoms with E-state index in [1.807, 2.05) is 0 Å². The molecule has 0 aliphatic heterocycles. The molecule has 102 valence electrons. The van der Waals surface area contributed by atoms with Crippen molar-refractivity contribution in [1.82, 2.24) is 15.0 Å². The van der Waals surface area contributed by atoms with Gasteiger partial charge in [-0.2, -0.15) is 4.39 Å². The molecule has 5 nitrogen and oxygen atoms in total. The molecule has 2 aromatic rings. The standard InChI is InChI=1S/C11H10ClF2N3O2/c12-9-2-1-8(3-10(9)19-11(14)4-13)17-5-7(6-18)15-16-17/h1-3,5,11,18H,4,6H2. The smallest absolute Gasteiger partial charge is 0.266 e. The lowest BCUT2D eigenvalue weighted by Gasteiger charge is -2.11. The van der Waals surface area contributed by atoms with Crippen LogP contribution in [0.15, 0.2) is 24.4 Å². The Bertz CT molecular complexity index is 565. The van der Waals surface area contributed by atoms with Crippen LogP contribution in [0, 0.1) is 0 Å². The summed E-state index contributed by atoms with van der Waals surface area (Å²) in [6.45, 7) is -1.51. The molecular formula is C11H10ClF2N3O2. The molecule has 0 radical (unpaired) electrons. The minimum absolute atomic E-state index is 0.00497. The number of alkyl halides is 2. The minimum Gasteiger partial charge on any atom is -0.456 e. The number of aliphatic hydroxyl groups excluding tert-OH is 1. The lowest BCUT2D eigenvalue weighted by atomic mass is 10.3. The van der Waals surface area contributed by atoms with Crippen LogP contribution in [0.3, 0.4) is 0 Å². The van der Waals surface area contributed by atoms with Gasteiger partial charge in [0.15, 0.2) is 6.67 Å². The third-order valence-electron chi connectivity index (χ3n) is 2.26. The number of aromatic nitrogens is 3. The number of rotatable bonds is 5. The fourth-order valence-electron chi connectivity index (χ4n) is 1.39. The van der Waals surface area contributed by atoms with Gasteiger partial charge in [-0.05, 0) is 12.1 Å². The zero-order valence-electron chi connectivity index (χ0n) is 9.63. The molecule has 0 spiro atoms. The first-order valence-electron chi connectivity index (χ1n) is 5.32. The van der Waals surface area contributed by atoms with Crippen LogP contribution in [-0.4, -0.2) is 33.1 Å². The summed E-state index contributed by atoms with van der Waals surface area (Å²) in [5.74, 6) is 0.00497. The van der Waals surface area contributed by atoms with E-state index in [2.05, 4.69) is 10.3 Å². The van der Waals surface area contributed by atoms with E-state index >= 15 is 0 Å². The van der Waals surface area contributed by atoms with Crippen molar-refractivity contribution in [2.45, 2.75) is 13.0 Å². The third-order valence-corrected chi connectivity index (χ3v) is 2.57. The van der Waals surface area contributed by atoms with Gasteiger partial charge in [0.25, 0.3) is 6.36 Å². The normalized spacial score (nSPS) is 12.4. The molecule has 0 aliphatic rings. The second-order valence-corrected chi connectivity index (χ2v) is 4.02. The van der Waals surface area contributed by atoms with Crippen molar-refractivity contribution < 1.29 is 18.6 Å². The van der Waals surface area contributed by atoms with E-state index in [1.54, 1.807) is 6.07 Å². The van der Waals surface area contributed by atoms with Crippen LogP contribution in [0.4, 0.5) is 8.78 Å². The Morgan fingerprint density at radius 3 is 2.89 bits per heavy atom. The molecule has 1 N–H and O–H groups in total. The zero-order chi connectivity index (χ0) is 13.8. The van der Waals surface area contributed by atoms with Gasteiger partial charge in [-0.25, -0.2) is 9.07 Å². The topological polar surface area (TPSA) is 60.2 Å². The maximum absolute atomic E-state index is 12.9. The lowest BCUT2D eigenvalue weighted by Crippen LogP contribution is -2.12. The Morgan fingerprint density at radius 1 is 1.47 bits per heavy atom. The number of hydrogen-bond donors (Lipinski definition) is 1. The highest BCUT2D eigenvalue weighted by molar-refractivity contribution is 6.32. The summed E-state index contributed by atoms with van der Waals surface area (Å²) >= 11 is 5.82. The van der Waals surface area contributed by atoms with Gasteiger partial charge in [0, 0.05) is 6.07 Å². The van der Waals surface area contributed by atoms with Gasteiger partial charge in [-0.3, -0.25) is 0 Å². The Hall–Kier alpha value is -1.73. The Kier molecular flexibility index (Phi) is 4.28. The van der Waals surface area contributed by atoms with Crippen LogP contribution in [0.1, 0.15) is 5.69 Å². The molecule has 19 heavy (non-hydrogen) atoms. The summed E-state index contributed by atoms with van der Waals surface area (Å²) in [4.78, 5) is 0. The largest absolute Gasteiger partial charge is 0.456 e. The maximum Gasteiger partial charge on any atom is 0.266 e. The van der Waals surface area contributed by atoms with Gasteiger partial charge >= 0.3 is 0 Å². The SMILES string of the molecule is OCc1cn(-c2ccc(Cl)c(OC(F)CF)c2)nn1. The van der Waals surface area contributed by atoms with Gasteiger partial charge in [-0.15, -0.1) is 5.10 Å². The summed E-state index contributed by atoms with van der Waals surface area (Å²) in [7, 11) is 0. The average Bonchev–Trinajstić information content (AvgIpc) is 2.90. The van der Waals surface area contributed by atoms with Crippen molar-refractivity contribution in [1.29, 1.82) is 0 Å². The number of ether oxygens (including phenoxy) is 1. The molecule has 0 amide bonds. The zero-order valence-corrected chi connectivity index (χ0v) is 10.4. The number of nitrogens with zero attached hydrogens (tertiary/aromatic N) is 3. The number of benzene rings is 1. The first kappa shape index (κ1) is 13.7. The molecule has 1 aromatic heterocycles. The fraction of sp³-hybridized carbons (Fsp3) is 0.273. The van der Waals surface area contributed by atoms with Gasteiger partial charge < -0.3 is 9.84 Å². The molecule has 0 bridgehead atoms. The first-order chi connectivity index (χ1) is 9.13. The Labute approximate surface area is 112 Å². The van der Waals surface area contributed by atoms with Crippen molar-refractivity contribution in [3.8, 4) is 11.4 Å². The molecule has 0 fully saturated rings. The van der Waals surface area contributed by atoms with Crippen LogP contribution >= 0.6 is 11.6 Å². The van der Waals surface area contributed by atoms with Gasteiger partial charge in [-0.1, -0.05) is 16.8 Å². The summed E-state index contributed by atoms with van der Waals surface area (Å²) < 4.78 is 31.0. The van der Waals surface area contributed by atoms with E-state index in [9.17, 15) is 8.78 Å². The predicted octanol–water partition coefficient (Wildman–Crippen LogP) is 2.06. The van der Waals surface area contributed by atoms with E-state index in [4.69, 9.17) is 21.4 Å². The Balaban J connectivity index is 2.29. The molecule has 1 heterocycles. The van der Waals surface area contributed by atoms with Crippen molar-refractivity contribution in [3.63, 3.8) is 0 Å². The predicted molar refractivity (Wildman–Crippen MR) is 63.8 cm³/mol. The maximum atomic E-state index is 12.9. The van der Waals surface area contributed by atoms with Crippen molar-refractivity contribution in [2.24, 2.45) is 0 Å². The molecule has 1 atom stereocenters. The molecule has 0 saturated heterocycles. The summed E-state index contributed by atoms with van der Waals surface area (Å²) in [5.41, 5.74) is 0.877. The molecule has 0 saturated carbocycles. The van der Waals surface area contributed by atoms with Crippen LogP contribution in [0.5, 0.6) is 5.75 Å². The molecular weight excluding hydrogens is 280 g/mol. The van der Waals surface area contributed by atoms with Crippen LogP contribution in [-0.2, 0) is 6.61 Å². The van der Waals surface area contributed by atoms with Crippen molar-refractivity contribution in [3.05, 3.63) is 35.1 Å². The summed E-state index contributed by atoms with van der Waals surface area (Å²) in [6, 6.07) is 4.48.